The zero-order chi connectivity index (χ0) is 20.5. The minimum absolute atomic E-state index is 0.0841. The van der Waals surface area contributed by atoms with Crippen LogP contribution < -0.4 is 10.2 Å². The first-order valence-corrected chi connectivity index (χ1v) is 10.2. The van der Waals surface area contributed by atoms with E-state index in [0.29, 0.717) is 16.3 Å². The quantitative estimate of drug-likeness (QED) is 0.685. The van der Waals surface area contributed by atoms with E-state index in [-0.39, 0.29) is 18.4 Å². The van der Waals surface area contributed by atoms with E-state index in [9.17, 15) is 9.59 Å². The number of rotatable bonds is 3. The first kappa shape index (κ1) is 19.2. The van der Waals surface area contributed by atoms with Crippen LogP contribution in [0.4, 0.5) is 11.4 Å². The van der Waals surface area contributed by atoms with Crippen LogP contribution in [0.3, 0.4) is 0 Å². The number of hydrogen-bond donors (Lipinski definition) is 1. The zero-order valence-electron chi connectivity index (χ0n) is 16.5. The third kappa shape index (κ3) is 3.76. The summed E-state index contributed by atoms with van der Waals surface area (Å²) >= 11 is 1.44. The Hall–Kier alpha value is -3.12. The van der Waals surface area contributed by atoms with E-state index < -0.39 is 0 Å². The molecule has 1 aliphatic heterocycles. The number of fused-ring (bicyclic) bond motifs is 2. The molecule has 6 heteroatoms. The minimum Gasteiger partial charge on any atom is -0.324 e. The number of nitrogens with one attached hydrogen (secondary N) is 1. The van der Waals surface area contributed by atoms with Crippen LogP contribution in [-0.4, -0.2) is 23.3 Å². The lowest BCUT2D eigenvalue weighted by Gasteiger charge is -2.22. The lowest BCUT2D eigenvalue weighted by atomic mass is 10.1. The molecule has 3 aromatic rings. The largest absolute Gasteiger partial charge is 0.324 e. The fourth-order valence-corrected chi connectivity index (χ4v) is 4.63. The molecule has 1 aromatic heterocycles. The maximum absolute atomic E-state index is 13.3. The second-order valence-corrected chi connectivity index (χ2v) is 8.17. The van der Waals surface area contributed by atoms with Gasteiger partial charge in [0.1, 0.15) is 11.6 Å². The molecule has 0 spiro atoms. The molecule has 0 radical (unpaired) electrons. The van der Waals surface area contributed by atoms with E-state index in [0.717, 1.165) is 27.3 Å². The van der Waals surface area contributed by atoms with Crippen LogP contribution in [0.2, 0.25) is 0 Å². The third-order valence-electron chi connectivity index (χ3n) is 4.85. The summed E-state index contributed by atoms with van der Waals surface area (Å²) in [5.41, 5.74) is 5.16. The van der Waals surface area contributed by atoms with Gasteiger partial charge in [-0.3, -0.25) is 14.5 Å². The summed E-state index contributed by atoms with van der Waals surface area (Å²) in [5, 5.41) is 3.70. The van der Waals surface area contributed by atoms with Crippen molar-refractivity contribution in [1.82, 2.24) is 4.98 Å². The number of carbonyl (C=O) groups excluding carboxylic acids is 2. The molecule has 1 N–H and O–H groups in total. The normalized spacial score (nSPS) is 12.8. The molecule has 2 aromatic carbocycles. The number of hydrogen-bond acceptors (Lipinski definition) is 4. The van der Waals surface area contributed by atoms with Crippen LogP contribution in [-0.2, 0) is 4.79 Å². The fraction of sp³-hybridized carbons (Fsp3) is 0.174. The smallest absolute Gasteiger partial charge is 0.259 e. The molecule has 1 aliphatic rings. The Bertz CT molecular complexity index is 1100. The van der Waals surface area contributed by atoms with Crippen LogP contribution in [0.15, 0.2) is 64.6 Å². The first-order valence-electron chi connectivity index (χ1n) is 9.35. The molecule has 146 valence electrons. The fourth-order valence-electron chi connectivity index (χ4n) is 3.61. The number of carbonyl (C=O) groups is 2. The van der Waals surface area contributed by atoms with Crippen LogP contribution in [0.1, 0.15) is 27.0 Å². The number of pyridine rings is 1. The van der Waals surface area contributed by atoms with Crippen molar-refractivity contribution in [2.24, 2.45) is 0 Å². The van der Waals surface area contributed by atoms with Gasteiger partial charge in [-0.05, 0) is 56.2 Å². The third-order valence-corrected chi connectivity index (χ3v) is 5.94. The number of nitrogens with zero attached hydrogens (tertiary/aromatic N) is 2. The van der Waals surface area contributed by atoms with Gasteiger partial charge in [-0.25, -0.2) is 4.98 Å². The summed E-state index contributed by atoms with van der Waals surface area (Å²) in [5.74, 6) is -0.445. The zero-order valence-corrected chi connectivity index (χ0v) is 17.3. The standard InChI is InChI=1S/C23H21N3O2S/c1-14-11-15(2)21(16(3)12-14)25-20(27)13-26-18-8-6-10-24-22(18)29-19-9-5-4-7-17(19)23(26)28/h4-12H,13H2,1-3H3,(H,25,27). The highest BCUT2D eigenvalue weighted by molar-refractivity contribution is 7.99. The Labute approximate surface area is 174 Å². The average molecular weight is 404 g/mol. The Kier molecular flexibility index (Phi) is 5.11. The molecule has 0 unspecified atom stereocenters. The number of benzene rings is 2. The van der Waals surface area contributed by atoms with Crippen molar-refractivity contribution in [3.05, 3.63) is 77.0 Å². The van der Waals surface area contributed by atoms with Gasteiger partial charge >= 0.3 is 0 Å². The topological polar surface area (TPSA) is 62.3 Å². The highest BCUT2D eigenvalue weighted by Gasteiger charge is 2.29. The van der Waals surface area contributed by atoms with Crippen LogP contribution in [0.25, 0.3) is 0 Å². The molecule has 2 amide bonds. The second-order valence-electron chi connectivity index (χ2n) is 7.14. The summed E-state index contributed by atoms with van der Waals surface area (Å²) in [7, 11) is 0. The van der Waals surface area contributed by atoms with Crippen molar-refractivity contribution in [2.45, 2.75) is 30.7 Å². The van der Waals surface area contributed by atoms with Crippen molar-refractivity contribution >= 4 is 35.0 Å². The number of aryl methyl sites for hydroxylation is 3. The molecule has 4 rings (SSSR count). The molecule has 5 nitrogen and oxygen atoms in total. The van der Waals surface area contributed by atoms with Gasteiger partial charge in [0.15, 0.2) is 0 Å². The molecule has 0 atom stereocenters. The van der Waals surface area contributed by atoms with Crippen LogP contribution in [0.5, 0.6) is 0 Å². The molecule has 0 saturated carbocycles. The van der Waals surface area contributed by atoms with Crippen molar-refractivity contribution in [1.29, 1.82) is 0 Å². The van der Waals surface area contributed by atoms with E-state index in [1.54, 1.807) is 18.3 Å². The summed E-state index contributed by atoms with van der Waals surface area (Å²) in [6, 6.07) is 15.1. The minimum atomic E-state index is -0.243. The van der Waals surface area contributed by atoms with E-state index in [2.05, 4.69) is 10.3 Å². The van der Waals surface area contributed by atoms with Gasteiger partial charge in [0, 0.05) is 16.8 Å². The Morgan fingerprint density at radius 1 is 1.07 bits per heavy atom. The molecular weight excluding hydrogens is 382 g/mol. The summed E-state index contributed by atoms with van der Waals surface area (Å²) in [6.45, 7) is 5.89. The van der Waals surface area contributed by atoms with Crippen LogP contribution in [0, 0.1) is 20.8 Å². The summed E-state index contributed by atoms with van der Waals surface area (Å²) < 4.78 is 0. The first-order chi connectivity index (χ1) is 13.9. The lowest BCUT2D eigenvalue weighted by Crippen LogP contribution is -2.38. The maximum Gasteiger partial charge on any atom is 0.259 e. The van der Waals surface area contributed by atoms with Gasteiger partial charge in [-0.1, -0.05) is 41.6 Å². The molecule has 2 heterocycles. The van der Waals surface area contributed by atoms with E-state index in [1.807, 2.05) is 57.2 Å². The predicted molar refractivity (Wildman–Crippen MR) is 116 cm³/mol. The molecule has 0 aliphatic carbocycles. The van der Waals surface area contributed by atoms with Gasteiger partial charge in [-0.2, -0.15) is 0 Å². The Morgan fingerprint density at radius 2 is 1.79 bits per heavy atom. The van der Waals surface area contributed by atoms with Gasteiger partial charge in [0.05, 0.1) is 11.3 Å². The molecular formula is C23H21N3O2S. The number of anilines is 2. The predicted octanol–water partition coefficient (Wildman–Crippen LogP) is 4.76. The van der Waals surface area contributed by atoms with Crippen molar-refractivity contribution < 1.29 is 9.59 Å². The number of amides is 2. The van der Waals surface area contributed by atoms with Crippen molar-refractivity contribution in [3.8, 4) is 0 Å². The van der Waals surface area contributed by atoms with Gasteiger partial charge in [0.25, 0.3) is 5.91 Å². The monoisotopic (exact) mass is 403 g/mol. The highest BCUT2D eigenvalue weighted by Crippen LogP contribution is 2.39. The summed E-state index contributed by atoms with van der Waals surface area (Å²) in [6.07, 6.45) is 1.70. The Balaban J connectivity index is 1.67. The lowest BCUT2D eigenvalue weighted by molar-refractivity contribution is -0.114. The van der Waals surface area contributed by atoms with E-state index in [1.165, 1.54) is 16.7 Å². The second kappa shape index (κ2) is 7.72. The Morgan fingerprint density at radius 3 is 2.55 bits per heavy atom. The molecule has 0 bridgehead atoms. The maximum atomic E-state index is 13.3. The average Bonchev–Trinajstić information content (AvgIpc) is 2.80. The van der Waals surface area contributed by atoms with Crippen molar-refractivity contribution in [2.75, 3.05) is 16.8 Å². The highest BCUT2D eigenvalue weighted by atomic mass is 32.2. The van der Waals surface area contributed by atoms with Gasteiger partial charge in [0.2, 0.25) is 5.91 Å². The SMILES string of the molecule is Cc1cc(C)c(NC(=O)CN2C(=O)c3ccccc3Sc3ncccc32)c(C)c1. The number of aromatic nitrogens is 1. The molecule has 29 heavy (non-hydrogen) atoms. The molecule has 0 saturated heterocycles. The summed E-state index contributed by atoms with van der Waals surface area (Å²) in [4.78, 5) is 33.0. The van der Waals surface area contributed by atoms with Gasteiger partial charge < -0.3 is 5.32 Å². The van der Waals surface area contributed by atoms with E-state index >= 15 is 0 Å². The van der Waals surface area contributed by atoms with Crippen molar-refractivity contribution in [3.63, 3.8) is 0 Å². The van der Waals surface area contributed by atoms with Crippen LogP contribution >= 0.6 is 11.8 Å². The molecule has 0 fully saturated rings. The van der Waals surface area contributed by atoms with Gasteiger partial charge in [-0.15, -0.1) is 0 Å². The van der Waals surface area contributed by atoms with E-state index in [4.69, 9.17) is 0 Å².